The number of hydrogen-bond donors (Lipinski definition) is 0. The summed E-state index contributed by atoms with van der Waals surface area (Å²) in [6, 6.07) is 17.6. The van der Waals surface area contributed by atoms with Gasteiger partial charge >= 0.3 is 12.4 Å². The maximum absolute atomic E-state index is 13.3. The molecule has 1 aliphatic heterocycles. The molecular formula is C26H20ClF6NO. The van der Waals surface area contributed by atoms with E-state index in [1.54, 1.807) is 12.1 Å². The molecule has 0 unspecified atom stereocenters. The van der Waals surface area contributed by atoms with Crippen LogP contribution >= 0.6 is 11.6 Å². The van der Waals surface area contributed by atoms with Crippen molar-refractivity contribution in [3.05, 3.63) is 106 Å². The van der Waals surface area contributed by atoms with E-state index < -0.39 is 35.0 Å². The van der Waals surface area contributed by atoms with Gasteiger partial charge in [0.1, 0.15) is 0 Å². The van der Waals surface area contributed by atoms with Gasteiger partial charge in [0.05, 0.1) is 11.1 Å². The summed E-state index contributed by atoms with van der Waals surface area (Å²) >= 11 is 6.01. The molecule has 1 saturated heterocycles. The molecule has 0 aliphatic carbocycles. The van der Waals surface area contributed by atoms with Crippen molar-refractivity contribution in [1.82, 2.24) is 4.90 Å². The van der Waals surface area contributed by atoms with E-state index in [2.05, 4.69) is 0 Å². The predicted octanol–water partition coefficient (Wildman–Crippen LogP) is 7.79. The summed E-state index contributed by atoms with van der Waals surface area (Å²) in [5.74, 6) is -1.08. The monoisotopic (exact) mass is 511 g/mol. The first-order chi connectivity index (χ1) is 16.4. The van der Waals surface area contributed by atoms with Crippen LogP contribution in [0.25, 0.3) is 0 Å². The highest BCUT2D eigenvalue weighted by Crippen LogP contribution is 2.41. The van der Waals surface area contributed by atoms with Crippen LogP contribution in [0, 0.1) is 0 Å². The van der Waals surface area contributed by atoms with Gasteiger partial charge in [0, 0.05) is 29.6 Å². The average molecular weight is 512 g/mol. The van der Waals surface area contributed by atoms with Gasteiger partial charge < -0.3 is 4.90 Å². The first-order valence-electron chi connectivity index (χ1n) is 10.8. The van der Waals surface area contributed by atoms with E-state index in [9.17, 15) is 31.1 Å². The van der Waals surface area contributed by atoms with Gasteiger partial charge in [-0.05, 0) is 53.8 Å². The van der Waals surface area contributed by atoms with Gasteiger partial charge in [-0.2, -0.15) is 26.3 Å². The molecule has 1 aliphatic rings. The Hall–Kier alpha value is -3.00. The number of benzene rings is 3. The van der Waals surface area contributed by atoms with Crippen molar-refractivity contribution in [1.29, 1.82) is 0 Å². The molecule has 1 fully saturated rings. The van der Waals surface area contributed by atoms with Crippen LogP contribution in [0.1, 0.15) is 50.9 Å². The van der Waals surface area contributed by atoms with Crippen LogP contribution in [-0.4, -0.2) is 23.9 Å². The molecule has 0 aromatic heterocycles. The standard InChI is InChI=1S/C26H20ClF6NO/c27-21-8-6-17(7-9-21)22-10-11-34(15-23(22)16-4-2-1-3-5-16)24(35)18-12-19(25(28,29)30)14-20(13-18)26(31,32)33/h1-9,12-14,22-23H,10-11,15H2/t22-,23+/m0/s1. The fourth-order valence-corrected chi connectivity index (χ4v) is 4.67. The van der Waals surface area contributed by atoms with Crippen molar-refractivity contribution in [2.24, 2.45) is 0 Å². The molecule has 0 N–H and O–H groups in total. The Kier molecular flexibility index (Phi) is 6.86. The highest BCUT2D eigenvalue weighted by Gasteiger charge is 2.39. The zero-order valence-corrected chi connectivity index (χ0v) is 19.0. The number of halogens is 7. The van der Waals surface area contributed by atoms with Crippen molar-refractivity contribution in [2.75, 3.05) is 13.1 Å². The van der Waals surface area contributed by atoms with Gasteiger partial charge in [0.2, 0.25) is 0 Å². The number of piperidine rings is 1. The minimum Gasteiger partial charge on any atom is -0.338 e. The number of nitrogens with zero attached hydrogens (tertiary/aromatic N) is 1. The Morgan fingerprint density at radius 2 is 1.31 bits per heavy atom. The molecule has 1 heterocycles. The second kappa shape index (κ2) is 9.57. The molecule has 2 nitrogen and oxygen atoms in total. The summed E-state index contributed by atoms with van der Waals surface area (Å²) < 4.78 is 79.7. The zero-order chi connectivity index (χ0) is 25.4. The second-order valence-corrected chi connectivity index (χ2v) is 8.95. The Bertz CT molecular complexity index is 1160. The minimum absolute atomic E-state index is 0.00837. The third-order valence-corrected chi connectivity index (χ3v) is 6.51. The summed E-state index contributed by atoms with van der Waals surface area (Å²) in [6.45, 7) is 0.334. The smallest absolute Gasteiger partial charge is 0.338 e. The summed E-state index contributed by atoms with van der Waals surface area (Å²) in [5.41, 5.74) is -1.74. The molecule has 2 atom stereocenters. The Morgan fingerprint density at radius 3 is 1.86 bits per heavy atom. The lowest BCUT2D eigenvalue weighted by atomic mass is 9.76. The molecule has 3 aromatic carbocycles. The third-order valence-electron chi connectivity index (χ3n) is 6.26. The van der Waals surface area contributed by atoms with Crippen molar-refractivity contribution in [3.8, 4) is 0 Å². The van der Waals surface area contributed by atoms with E-state index in [4.69, 9.17) is 11.6 Å². The molecule has 184 valence electrons. The van der Waals surface area contributed by atoms with Crippen molar-refractivity contribution in [2.45, 2.75) is 30.6 Å². The summed E-state index contributed by atoms with van der Waals surface area (Å²) in [7, 11) is 0. The van der Waals surface area contributed by atoms with Crippen molar-refractivity contribution < 1.29 is 31.1 Å². The molecule has 0 spiro atoms. The normalized spacial score (nSPS) is 19.0. The molecule has 3 aromatic rings. The Balaban J connectivity index is 1.68. The zero-order valence-electron chi connectivity index (χ0n) is 18.2. The molecule has 9 heteroatoms. The second-order valence-electron chi connectivity index (χ2n) is 8.51. The first kappa shape index (κ1) is 25.1. The molecule has 4 rings (SSSR count). The fourth-order valence-electron chi connectivity index (χ4n) is 4.54. The topological polar surface area (TPSA) is 20.3 Å². The molecule has 0 bridgehead atoms. The molecular weight excluding hydrogens is 492 g/mol. The SMILES string of the molecule is O=C(c1cc(C(F)(F)F)cc(C(F)(F)F)c1)N1CC[C@@H](c2ccc(Cl)cc2)[C@@H](c2ccccc2)C1. The van der Waals surface area contributed by atoms with Crippen LogP contribution in [0.5, 0.6) is 0 Å². The average Bonchev–Trinajstić information content (AvgIpc) is 2.83. The molecule has 0 saturated carbocycles. The predicted molar refractivity (Wildman–Crippen MR) is 120 cm³/mol. The van der Waals surface area contributed by atoms with Crippen molar-refractivity contribution in [3.63, 3.8) is 0 Å². The fraction of sp³-hybridized carbons (Fsp3) is 0.269. The maximum atomic E-state index is 13.3. The van der Waals surface area contributed by atoms with Gasteiger partial charge in [-0.25, -0.2) is 0 Å². The van der Waals surface area contributed by atoms with E-state index in [0.29, 0.717) is 23.6 Å². The van der Waals surface area contributed by atoms with Gasteiger partial charge in [-0.15, -0.1) is 0 Å². The van der Waals surface area contributed by atoms with Gasteiger partial charge in [-0.3, -0.25) is 4.79 Å². The van der Waals surface area contributed by atoms with E-state index in [0.717, 1.165) is 11.1 Å². The van der Waals surface area contributed by atoms with Gasteiger partial charge in [0.25, 0.3) is 5.91 Å². The molecule has 1 amide bonds. The van der Waals surface area contributed by atoms with Crippen LogP contribution in [0.2, 0.25) is 5.02 Å². The lowest BCUT2D eigenvalue weighted by Crippen LogP contribution is -2.42. The van der Waals surface area contributed by atoms with Crippen LogP contribution < -0.4 is 0 Å². The quantitative estimate of drug-likeness (QED) is 0.329. The highest BCUT2D eigenvalue weighted by molar-refractivity contribution is 6.30. The van der Waals surface area contributed by atoms with Crippen LogP contribution in [0.4, 0.5) is 26.3 Å². The molecule has 0 radical (unpaired) electrons. The lowest BCUT2D eigenvalue weighted by Gasteiger charge is -2.39. The maximum Gasteiger partial charge on any atom is 0.416 e. The van der Waals surface area contributed by atoms with Crippen LogP contribution in [0.15, 0.2) is 72.8 Å². The van der Waals surface area contributed by atoms with Gasteiger partial charge in [-0.1, -0.05) is 54.1 Å². The molecule has 35 heavy (non-hydrogen) atoms. The number of alkyl halides is 6. The summed E-state index contributed by atoms with van der Waals surface area (Å²) in [4.78, 5) is 14.5. The van der Waals surface area contributed by atoms with E-state index in [1.807, 2.05) is 42.5 Å². The Morgan fingerprint density at radius 1 is 0.771 bits per heavy atom. The van der Waals surface area contributed by atoms with Gasteiger partial charge in [0.15, 0.2) is 0 Å². The largest absolute Gasteiger partial charge is 0.416 e. The van der Waals surface area contributed by atoms with Crippen molar-refractivity contribution >= 4 is 17.5 Å². The third kappa shape index (κ3) is 5.64. The van der Waals surface area contributed by atoms with Crippen LogP contribution in [0.3, 0.4) is 0 Å². The Labute approximate surface area is 203 Å². The highest BCUT2D eigenvalue weighted by atomic mass is 35.5. The first-order valence-corrected chi connectivity index (χ1v) is 11.2. The number of likely N-dealkylation sites (tertiary alicyclic amines) is 1. The van der Waals surface area contributed by atoms with E-state index >= 15 is 0 Å². The van der Waals surface area contributed by atoms with E-state index in [-0.39, 0.29) is 31.0 Å². The number of rotatable bonds is 3. The van der Waals surface area contributed by atoms with Crippen LogP contribution in [-0.2, 0) is 12.4 Å². The number of amides is 1. The minimum atomic E-state index is -5.02. The number of carbonyl (C=O) groups excluding carboxylic acids is 1. The summed E-state index contributed by atoms with van der Waals surface area (Å²) in [6.07, 6.45) is -9.56. The number of hydrogen-bond acceptors (Lipinski definition) is 1. The number of carbonyl (C=O) groups is 1. The lowest BCUT2D eigenvalue weighted by molar-refractivity contribution is -0.143. The van der Waals surface area contributed by atoms with E-state index in [1.165, 1.54) is 4.90 Å². The summed E-state index contributed by atoms with van der Waals surface area (Å²) in [5, 5.41) is 0.572.